The molecule has 0 spiro atoms. The number of carbonyl (C=O) groups is 3. The van der Waals surface area contributed by atoms with Crippen LogP contribution in [0.2, 0.25) is 0 Å². The van der Waals surface area contributed by atoms with Gasteiger partial charge in [0, 0.05) is 42.0 Å². The predicted molar refractivity (Wildman–Crippen MR) is 178 cm³/mol. The normalized spacial score (nSPS) is 17.6. The van der Waals surface area contributed by atoms with Crippen molar-refractivity contribution >= 4 is 29.6 Å². The molecule has 47 heavy (non-hydrogen) atoms. The van der Waals surface area contributed by atoms with Crippen molar-refractivity contribution in [1.29, 1.82) is 0 Å². The molecule has 0 unspecified atom stereocenters. The van der Waals surface area contributed by atoms with E-state index in [1.54, 1.807) is 18.2 Å². The quantitative estimate of drug-likeness (QED) is 0.109. The molecule has 0 radical (unpaired) electrons. The van der Waals surface area contributed by atoms with Crippen molar-refractivity contribution in [2.45, 2.75) is 62.2 Å². The zero-order valence-electron chi connectivity index (χ0n) is 25.7. The van der Waals surface area contributed by atoms with Crippen LogP contribution in [0.4, 0.5) is 0 Å². The average Bonchev–Trinajstić information content (AvgIpc) is 3.10. The van der Waals surface area contributed by atoms with E-state index in [2.05, 4.69) is 5.32 Å². The second kappa shape index (κ2) is 16.4. The van der Waals surface area contributed by atoms with E-state index in [0.717, 1.165) is 33.4 Å². The van der Waals surface area contributed by atoms with Crippen LogP contribution in [0.5, 0.6) is 0 Å². The number of benzene rings is 4. The summed E-state index contributed by atoms with van der Waals surface area (Å²) in [6.45, 7) is 0.302. The molecule has 10 heteroatoms. The van der Waals surface area contributed by atoms with Gasteiger partial charge in [-0.15, -0.1) is 11.8 Å². The zero-order chi connectivity index (χ0) is 33.2. The van der Waals surface area contributed by atoms with Gasteiger partial charge in [-0.25, -0.2) is 4.79 Å². The Morgan fingerprint density at radius 1 is 0.787 bits per heavy atom. The van der Waals surface area contributed by atoms with Crippen LogP contribution in [0.25, 0.3) is 11.1 Å². The van der Waals surface area contributed by atoms with Crippen molar-refractivity contribution in [2.24, 2.45) is 0 Å². The molecule has 0 bridgehead atoms. The number of amides is 1. The molecule has 1 saturated heterocycles. The molecular weight excluding hydrogens is 618 g/mol. The summed E-state index contributed by atoms with van der Waals surface area (Å²) in [6, 6.07) is 30.4. The van der Waals surface area contributed by atoms with Gasteiger partial charge in [0.25, 0.3) is 0 Å². The zero-order valence-corrected chi connectivity index (χ0v) is 26.5. The third-order valence-corrected chi connectivity index (χ3v) is 9.09. The molecule has 9 nitrogen and oxygen atoms in total. The number of aliphatic carboxylic acids is 1. The Bertz CT molecular complexity index is 1670. The van der Waals surface area contributed by atoms with Gasteiger partial charge in [-0.3, -0.25) is 9.59 Å². The van der Waals surface area contributed by atoms with E-state index in [4.69, 9.17) is 14.6 Å². The lowest BCUT2D eigenvalue weighted by atomic mass is 9.99. The molecule has 3 atom stereocenters. The number of nitrogens with one attached hydrogen (secondary N) is 1. The van der Waals surface area contributed by atoms with Crippen molar-refractivity contribution in [1.82, 2.24) is 5.32 Å². The first-order valence-corrected chi connectivity index (χ1v) is 16.4. The van der Waals surface area contributed by atoms with Crippen LogP contribution in [0.15, 0.2) is 102 Å². The topological polar surface area (TPSA) is 142 Å². The first-order valence-electron chi connectivity index (χ1n) is 15.4. The molecule has 1 heterocycles. The molecule has 4 aromatic carbocycles. The standard InChI is InChI=1S/C37H37NO8S/c39-22-24-11-13-27(14-12-24)32-20-30(23-47-33-8-2-1-7-31(33)36(43)44)45-37(46-32)28-17-15-26(16-18-28)29-6-3-5-25(19-29)21-38-34(40)9-4-10-35(41)42/h1-3,5-8,11-19,30,32,37,39H,4,9-10,20-23H2,(H,38,40)(H,41,42)(H,43,44)/t30-,32+,37+/m0/s1. The van der Waals surface area contributed by atoms with Gasteiger partial charge in [0.1, 0.15) is 0 Å². The number of aliphatic hydroxyl groups excluding tert-OH is 1. The van der Waals surface area contributed by atoms with E-state index in [9.17, 15) is 24.6 Å². The van der Waals surface area contributed by atoms with Crippen molar-refractivity contribution in [3.8, 4) is 11.1 Å². The number of rotatable bonds is 14. The number of carbonyl (C=O) groups excluding carboxylic acids is 1. The number of aromatic carboxylic acids is 1. The van der Waals surface area contributed by atoms with Crippen molar-refractivity contribution < 1.29 is 39.2 Å². The minimum Gasteiger partial charge on any atom is -0.481 e. The summed E-state index contributed by atoms with van der Waals surface area (Å²) < 4.78 is 12.9. The Morgan fingerprint density at radius 3 is 2.26 bits per heavy atom. The summed E-state index contributed by atoms with van der Waals surface area (Å²) in [5.41, 5.74) is 5.77. The number of thioether (sulfide) groups is 1. The lowest BCUT2D eigenvalue weighted by Crippen LogP contribution is -2.31. The second-order valence-electron chi connectivity index (χ2n) is 11.3. The fraction of sp³-hybridized carbons (Fsp3) is 0.270. The number of hydrogen-bond acceptors (Lipinski definition) is 7. The summed E-state index contributed by atoms with van der Waals surface area (Å²) >= 11 is 1.45. The SMILES string of the molecule is O=C(O)CCCC(=O)NCc1cccc(-c2ccc([C@@H]3O[C@H](CSc4ccccc4C(=O)O)C[C@H](c4ccc(CO)cc4)O3)cc2)c1. The highest BCUT2D eigenvalue weighted by Gasteiger charge is 2.32. The molecule has 4 N–H and O–H groups in total. The Kier molecular flexibility index (Phi) is 11.8. The summed E-state index contributed by atoms with van der Waals surface area (Å²) in [5.74, 6) is -1.52. The van der Waals surface area contributed by atoms with E-state index in [1.807, 2.05) is 78.9 Å². The maximum absolute atomic E-state index is 12.1. The largest absolute Gasteiger partial charge is 0.481 e. The molecular formula is C37H37NO8S. The van der Waals surface area contributed by atoms with E-state index in [0.29, 0.717) is 30.0 Å². The Morgan fingerprint density at radius 2 is 1.53 bits per heavy atom. The van der Waals surface area contributed by atoms with Gasteiger partial charge in [0.15, 0.2) is 6.29 Å². The highest BCUT2D eigenvalue weighted by molar-refractivity contribution is 7.99. The molecule has 1 fully saturated rings. The van der Waals surface area contributed by atoms with Crippen LogP contribution >= 0.6 is 11.8 Å². The third kappa shape index (κ3) is 9.52. The summed E-state index contributed by atoms with van der Waals surface area (Å²) in [4.78, 5) is 35.2. The third-order valence-electron chi connectivity index (χ3n) is 7.88. The fourth-order valence-electron chi connectivity index (χ4n) is 5.36. The van der Waals surface area contributed by atoms with Crippen LogP contribution in [0.3, 0.4) is 0 Å². The molecule has 0 saturated carbocycles. The monoisotopic (exact) mass is 655 g/mol. The molecule has 1 aliphatic heterocycles. The van der Waals surface area contributed by atoms with Gasteiger partial charge >= 0.3 is 11.9 Å². The highest BCUT2D eigenvalue weighted by Crippen LogP contribution is 2.40. The van der Waals surface area contributed by atoms with Crippen molar-refractivity contribution in [3.05, 3.63) is 125 Å². The summed E-state index contributed by atoms with van der Waals surface area (Å²) in [7, 11) is 0. The molecule has 1 amide bonds. The van der Waals surface area contributed by atoms with Crippen molar-refractivity contribution in [3.63, 3.8) is 0 Å². The number of hydrogen-bond donors (Lipinski definition) is 4. The first-order chi connectivity index (χ1) is 22.8. The molecule has 0 aliphatic carbocycles. The Hall–Kier alpha value is -4.48. The lowest BCUT2D eigenvalue weighted by Gasteiger charge is -2.36. The van der Waals surface area contributed by atoms with E-state index in [-0.39, 0.29) is 43.1 Å². The Balaban J connectivity index is 1.28. The molecule has 1 aliphatic rings. The molecule has 244 valence electrons. The number of carboxylic acids is 2. The van der Waals surface area contributed by atoms with Gasteiger partial charge in [-0.1, -0.05) is 78.9 Å². The minimum atomic E-state index is -0.968. The molecule has 4 aromatic rings. The van der Waals surface area contributed by atoms with Crippen LogP contribution < -0.4 is 5.32 Å². The Labute approximate surface area is 277 Å². The fourth-order valence-corrected chi connectivity index (χ4v) is 6.42. The first kappa shape index (κ1) is 33.9. The number of ether oxygens (including phenoxy) is 2. The minimum absolute atomic E-state index is 0.0326. The van der Waals surface area contributed by atoms with E-state index < -0.39 is 18.2 Å². The predicted octanol–water partition coefficient (Wildman–Crippen LogP) is 6.75. The van der Waals surface area contributed by atoms with Crippen LogP contribution in [-0.2, 0) is 32.2 Å². The highest BCUT2D eigenvalue weighted by atomic mass is 32.2. The van der Waals surface area contributed by atoms with Crippen LogP contribution in [-0.4, -0.2) is 45.0 Å². The summed E-state index contributed by atoms with van der Waals surface area (Å²) in [5, 5.41) is 30.7. The lowest BCUT2D eigenvalue weighted by molar-refractivity contribution is -0.245. The van der Waals surface area contributed by atoms with Gasteiger partial charge in [-0.2, -0.15) is 0 Å². The average molecular weight is 656 g/mol. The number of carboxylic acid groups (broad SMARTS) is 2. The van der Waals surface area contributed by atoms with Crippen LogP contribution in [0.1, 0.15) is 70.7 Å². The number of aliphatic hydroxyl groups is 1. The van der Waals surface area contributed by atoms with E-state index in [1.165, 1.54) is 11.8 Å². The van der Waals surface area contributed by atoms with Gasteiger partial charge < -0.3 is 30.1 Å². The molecule has 0 aromatic heterocycles. The molecule has 5 rings (SSSR count). The van der Waals surface area contributed by atoms with Crippen molar-refractivity contribution in [2.75, 3.05) is 5.75 Å². The second-order valence-corrected chi connectivity index (χ2v) is 12.4. The summed E-state index contributed by atoms with van der Waals surface area (Å²) in [6.07, 6.45) is -0.118. The maximum Gasteiger partial charge on any atom is 0.336 e. The van der Waals surface area contributed by atoms with Gasteiger partial charge in [0.2, 0.25) is 5.91 Å². The van der Waals surface area contributed by atoms with Gasteiger partial charge in [0.05, 0.1) is 24.4 Å². The van der Waals surface area contributed by atoms with Gasteiger partial charge in [-0.05, 0) is 52.4 Å². The van der Waals surface area contributed by atoms with E-state index >= 15 is 0 Å². The van der Waals surface area contributed by atoms with Crippen LogP contribution in [0, 0.1) is 0 Å². The maximum atomic E-state index is 12.1. The smallest absolute Gasteiger partial charge is 0.336 e.